The van der Waals surface area contributed by atoms with Crippen LogP contribution < -0.4 is 0 Å². The average molecular weight is 301 g/mol. The summed E-state index contributed by atoms with van der Waals surface area (Å²) < 4.78 is 30.4. The van der Waals surface area contributed by atoms with Crippen LogP contribution in [0.25, 0.3) is 0 Å². The van der Waals surface area contributed by atoms with Crippen molar-refractivity contribution in [3.05, 3.63) is 40.5 Å². The molecule has 102 valence electrons. The maximum atomic E-state index is 12.2. The Bertz CT molecular complexity index is 672. The van der Waals surface area contributed by atoms with Crippen LogP contribution in [0.15, 0.2) is 39.4 Å². The van der Waals surface area contributed by atoms with Gasteiger partial charge in [0.1, 0.15) is 4.88 Å². The monoisotopic (exact) mass is 301 g/mol. The summed E-state index contributed by atoms with van der Waals surface area (Å²) in [5.74, 6) is -1.14. The van der Waals surface area contributed by atoms with Crippen LogP contribution in [0.2, 0.25) is 0 Å². The van der Waals surface area contributed by atoms with Crippen LogP contribution in [0.4, 0.5) is 0 Å². The van der Waals surface area contributed by atoms with Crippen molar-refractivity contribution < 1.29 is 22.7 Å². The zero-order chi connectivity index (χ0) is 14.0. The molecule has 0 aliphatic heterocycles. The van der Waals surface area contributed by atoms with Crippen LogP contribution in [0.3, 0.4) is 0 Å². The molecule has 0 aliphatic carbocycles. The molecule has 19 heavy (non-hydrogen) atoms. The zero-order valence-corrected chi connectivity index (χ0v) is 11.6. The van der Waals surface area contributed by atoms with Gasteiger partial charge in [-0.3, -0.25) is 0 Å². The molecular formula is C11H11NO5S2. The van der Waals surface area contributed by atoms with E-state index in [0.29, 0.717) is 0 Å². The van der Waals surface area contributed by atoms with E-state index in [0.717, 1.165) is 27.3 Å². The van der Waals surface area contributed by atoms with Crippen molar-refractivity contribution in [2.24, 2.45) is 0 Å². The van der Waals surface area contributed by atoms with Gasteiger partial charge >= 0.3 is 5.97 Å². The number of carboxylic acid groups (broad SMARTS) is 1. The van der Waals surface area contributed by atoms with Crippen molar-refractivity contribution >= 4 is 27.3 Å². The van der Waals surface area contributed by atoms with E-state index in [9.17, 15) is 13.2 Å². The molecule has 0 spiro atoms. The highest BCUT2D eigenvalue weighted by molar-refractivity contribution is 7.89. The number of hydrogen-bond acceptors (Lipinski definition) is 5. The van der Waals surface area contributed by atoms with E-state index in [1.165, 1.54) is 25.0 Å². The van der Waals surface area contributed by atoms with Crippen LogP contribution in [0.1, 0.15) is 15.2 Å². The van der Waals surface area contributed by atoms with Gasteiger partial charge in [-0.15, -0.1) is 11.3 Å². The Morgan fingerprint density at radius 3 is 2.79 bits per heavy atom. The van der Waals surface area contributed by atoms with Gasteiger partial charge in [0.2, 0.25) is 10.0 Å². The van der Waals surface area contributed by atoms with E-state index in [2.05, 4.69) is 0 Å². The number of thiophene rings is 1. The molecule has 0 unspecified atom stereocenters. The molecule has 6 nitrogen and oxygen atoms in total. The van der Waals surface area contributed by atoms with Crippen molar-refractivity contribution in [1.82, 2.24) is 4.31 Å². The number of sulfonamides is 1. The van der Waals surface area contributed by atoms with Crippen molar-refractivity contribution in [3.8, 4) is 0 Å². The summed E-state index contributed by atoms with van der Waals surface area (Å²) in [6.07, 6.45) is 2.92. The molecule has 0 aromatic carbocycles. The molecular weight excluding hydrogens is 290 g/mol. The minimum atomic E-state index is -3.69. The molecule has 0 saturated carbocycles. The Morgan fingerprint density at radius 2 is 2.26 bits per heavy atom. The zero-order valence-electron chi connectivity index (χ0n) is 9.94. The van der Waals surface area contributed by atoms with Crippen molar-refractivity contribution in [3.63, 3.8) is 0 Å². The number of nitrogens with zero attached hydrogens (tertiary/aromatic N) is 1. The first-order chi connectivity index (χ1) is 8.91. The summed E-state index contributed by atoms with van der Waals surface area (Å²) in [6.45, 7) is 0.164. The molecule has 0 bridgehead atoms. The molecule has 2 aromatic heterocycles. The Morgan fingerprint density at radius 1 is 1.53 bits per heavy atom. The Kier molecular flexibility index (Phi) is 3.74. The van der Waals surface area contributed by atoms with Crippen molar-refractivity contribution in [2.75, 3.05) is 7.05 Å². The first-order valence-corrected chi connectivity index (χ1v) is 7.52. The minimum Gasteiger partial charge on any atom is -0.477 e. The standard InChI is InChI=1S/C11H11NO5S2/c1-12(5-8-2-3-17-6-8)19(15,16)9-4-10(11(13)14)18-7-9/h2-4,6-7H,5H2,1H3,(H,13,14). The Labute approximate surface area is 113 Å². The fraction of sp³-hybridized carbons (Fsp3) is 0.182. The van der Waals surface area contributed by atoms with Gasteiger partial charge < -0.3 is 9.52 Å². The molecule has 2 rings (SSSR count). The lowest BCUT2D eigenvalue weighted by atomic mass is 10.3. The lowest BCUT2D eigenvalue weighted by molar-refractivity contribution is 0.0702. The highest BCUT2D eigenvalue weighted by Crippen LogP contribution is 2.23. The van der Waals surface area contributed by atoms with Gasteiger partial charge in [0, 0.05) is 24.5 Å². The smallest absolute Gasteiger partial charge is 0.345 e. The number of carbonyl (C=O) groups is 1. The van der Waals surface area contributed by atoms with Gasteiger partial charge in [-0.05, 0) is 12.1 Å². The third kappa shape index (κ3) is 2.86. The molecule has 2 aromatic rings. The normalized spacial score (nSPS) is 11.9. The van der Waals surface area contributed by atoms with Gasteiger partial charge in [0.25, 0.3) is 0 Å². The molecule has 0 fully saturated rings. The predicted octanol–water partition coefficient (Wildman–Crippen LogP) is 1.86. The maximum absolute atomic E-state index is 12.2. The van der Waals surface area contributed by atoms with Crippen molar-refractivity contribution in [2.45, 2.75) is 11.4 Å². The van der Waals surface area contributed by atoms with E-state index in [-0.39, 0.29) is 16.3 Å². The maximum Gasteiger partial charge on any atom is 0.345 e. The second-order valence-electron chi connectivity index (χ2n) is 3.84. The number of furan rings is 1. The highest BCUT2D eigenvalue weighted by atomic mass is 32.2. The van der Waals surface area contributed by atoms with E-state index < -0.39 is 16.0 Å². The summed E-state index contributed by atoms with van der Waals surface area (Å²) >= 11 is 0.886. The molecule has 0 radical (unpaired) electrons. The van der Waals surface area contributed by atoms with Gasteiger partial charge in [0.15, 0.2) is 0 Å². The third-order valence-corrected chi connectivity index (χ3v) is 5.33. The second-order valence-corrected chi connectivity index (χ2v) is 6.80. The van der Waals surface area contributed by atoms with Crippen LogP contribution in [0.5, 0.6) is 0 Å². The molecule has 0 atom stereocenters. The summed E-state index contributed by atoms with van der Waals surface area (Å²) in [5, 5.41) is 10.1. The molecule has 0 amide bonds. The lowest BCUT2D eigenvalue weighted by Gasteiger charge is -2.14. The number of carboxylic acids is 1. The van der Waals surface area contributed by atoms with Crippen LogP contribution in [-0.2, 0) is 16.6 Å². The van der Waals surface area contributed by atoms with Gasteiger partial charge in [-0.25, -0.2) is 13.2 Å². The minimum absolute atomic E-state index is 0.00436. The third-order valence-electron chi connectivity index (χ3n) is 2.48. The quantitative estimate of drug-likeness (QED) is 0.910. The van der Waals surface area contributed by atoms with E-state index >= 15 is 0 Å². The molecule has 0 aliphatic rings. The van der Waals surface area contributed by atoms with Crippen LogP contribution in [-0.4, -0.2) is 30.8 Å². The van der Waals surface area contributed by atoms with Crippen LogP contribution in [0, 0.1) is 0 Å². The fourth-order valence-corrected chi connectivity index (χ4v) is 3.73. The van der Waals surface area contributed by atoms with E-state index in [1.807, 2.05) is 0 Å². The summed E-state index contributed by atoms with van der Waals surface area (Å²) in [5.41, 5.74) is 0.722. The SMILES string of the molecule is CN(Cc1ccoc1)S(=O)(=O)c1csc(C(=O)O)c1. The lowest BCUT2D eigenvalue weighted by Crippen LogP contribution is -2.25. The number of aromatic carboxylic acids is 1. The first-order valence-electron chi connectivity index (χ1n) is 5.20. The Hall–Kier alpha value is -1.64. The predicted molar refractivity (Wildman–Crippen MR) is 68.6 cm³/mol. The van der Waals surface area contributed by atoms with Gasteiger partial charge in [-0.2, -0.15) is 4.31 Å². The van der Waals surface area contributed by atoms with Gasteiger partial charge in [-0.1, -0.05) is 0 Å². The van der Waals surface area contributed by atoms with Crippen molar-refractivity contribution in [1.29, 1.82) is 0 Å². The number of hydrogen-bond donors (Lipinski definition) is 1. The summed E-state index contributed by atoms with van der Waals surface area (Å²) in [7, 11) is -2.26. The highest BCUT2D eigenvalue weighted by Gasteiger charge is 2.23. The fourth-order valence-electron chi connectivity index (χ4n) is 1.47. The molecule has 0 saturated heterocycles. The largest absolute Gasteiger partial charge is 0.477 e. The summed E-state index contributed by atoms with van der Waals surface area (Å²) in [6, 6.07) is 2.83. The summed E-state index contributed by atoms with van der Waals surface area (Å²) in [4.78, 5) is 10.7. The van der Waals surface area contributed by atoms with Crippen LogP contribution >= 0.6 is 11.3 Å². The molecule has 1 N–H and O–H groups in total. The van der Waals surface area contributed by atoms with E-state index in [4.69, 9.17) is 9.52 Å². The van der Waals surface area contributed by atoms with E-state index in [1.54, 1.807) is 6.07 Å². The number of rotatable bonds is 5. The average Bonchev–Trinajstić information content (AvgIpc) is 2.99. The molecule has 8 heteroatoms. The first kappa shape index (κ1) is 13.8. The van der Waals surface area contributed by atoms with Gasteiger partial charge in [0.05, 0.1) is 17.4 Å². The Balaban J connectivity index is 2.23. The second kappa shape index (κ2) is 5.16. The topological polar surface area (TPSA) is 87.8 Å². The molecule has 2 heterocycles.